The van der Waals surface area contributed by atoms with Crippen molar-refractivity contribution in [3.63, 3.8) is 0 Å². The third-order valence-electron chi connectivity index (χ3n) is 3.20. The van der Waals surface area contributed by atoms with Crippen molar-refractivity contribution in [1.29, 1.82) is 0 Å². The standard InChI is InChI=1S/C14H17Cl2N3O/c1-3-7-18-12(4-2)13(17)14(20)19(18)9-5-6-10(15)11(16)8-9/h5-6,8H,3-4,7,17H2,1-2H3. The number of halogens is 2. The Morgan fingerprint density at radius 3 is 2.45 bits per heavy atom. The molecule has 1 aromatic heterocycles. The molecule has 108 valence electrons. The summed E-state index contributed by atoms with van der Waals surface area (Å²) in [5.41, 5.74) is 7.54. The van der Waals surface area contributed by atoms with Crippen LogP contribution in [-0.4, -0.2) is 9.36 Å². The molecule has 0 saturated carbocycles. The largest absolute Gasteiger partial charge is 0.393 e. The summed E-state index contributed by atoms with van der Waals surface area (Å²) in [4.78, 5) is 12.4. The van der Waals surface area contributed by atoms with Crippen LogP contribution in [0, 0.1) is 0 Å². The van der Waals surface area contributed by atoms with E-state index in [0.29, 0.717) is 27.8 Å². The van der Waals surface area contributed by atoms with Gasteiger partial charge in [-0.15, -0.1) is 0 Å². The molecule has 4 nitrogen and oxygen atoms in total. The Kier molecular flexibility index (Phi) is 4.45. The average molecular weight is 314 g/mol. The molecule has 0 radical (unpaired) electrons. The van der Waals surface area contributed by atoms with E-state index in [9.17, 15) is 4.79 Å². The summed E-state index contributed by atoms with van der Waals surface area (Å²) < 4.78 is 3.48. The molecule has 0 spiro atoms. The van der Waals surface area contributed by atoms with Crippen LogP contribution in [0.4, 0.5) is 5.69 Å². The summed E-state index contributed by atoms with van der Waals surface area (Å²) in [5, 5.41) is 0.873. The molecule has 0 bridgehead atoms. The van der Waals surface area contributed by atoms with Crippen molar-refractivity contribution in [1.82, 2.24) is 9.36 Å². The van der Waals surface area contributed by atoms with Crippen LogP contribution in [0.15, 0.2) is 23.0 Å². The van der Waals surface area contributed by atoms with E-state index >= 15 is 0 Å². The van der Waals surface area contributed by atoms with E-state index in [-0.39, 0.29) is 5.56 Å². The molecule has 0 unspecified atom stereocenters. The molecule has 0 aliphatic heterocycles. The first-order valence-corrected chi connectivity index (χ1v) is 7.32. The van der Waals surface area contributed by atoms with Gasteiger partial charge in [0.25, 0.3) is 5.56 Å². The maximum atomic E-state index is 12.4. The molecule has 2 aromatic rings. The number of hydrogen-bond donors (Lipinski definition) is 1. The van der Waals surface area contributed by atoms with Gasteiger partial charge >= 0.3 is 0 Å². The van der Waals surface area contributed by atoms with Crippen LogP contribution in [0.25, 0.3) is 5.69 Å². The van der Waals surface area contributed by atoms with Crippen molar-refractivity contribution >= 4 is 28.9 Å². The van der Waals surface area contributed by atoms with E-state index in [1.165, 1.54) is 0 Å². The van der Waals surface area contributed by atoms with Gasteiger partial charge in [-0.3, -0.25) is 9.48 Å². The Morgan fingerprint density at radius 1 is 1.20 bits per heavy atom. The van der Waals surface area contributed by atoms with Crippen LogP contribution < -0.4 is 11.3 Å². The molecule has 1 heterocycles. The van der Waals surface area contributed by atoms with Gasteiger partial charge in [0.05, 0.1) is 21.4 Å². The molecule has 0 amide bonds. The topological polar surface area (TPSA) is 52.9 Å². The maximum absolute atomic E-state index is 12.4. The summed E-state index contributed by atoms with van der Waals surface area (Å²) in [5.74, 6) is 0. The van der Waals surface area contributed by atoms with Gasteiger partial charge in [-0.05, 0) is 31.0 Å². The quantitative estimate of drug-likeness (QED) is 0.939. The Morgan fingerprint density at radius 2 is 1.90 bits per heavy atom. The SMILES string of the molecule is CCCn1c(CC)c(N)c(=O)n1-c1ccc(Cl)c(Cl)c1. The van der Waals surface area contributed by atoms with Crippen molar-refractivity contribution in [2.45, 2.75) is 33.2 Å². The number of rotatable bonds is 4. The van der Waals surface area contributed by atoms with E-state index in [2.05, 4.69) is 6.92 Å². The number of nitrogens with zero attached hydrogens (tertiary/aromatic N) is 2. The van der Waals surface area contributed by atoms with Crippen molar-refractivity contribution in [3.8, 4) is 5.69 Å². The van der Waals surface area contributed by atoms with E-state index in [0.717, 1.165) is 18.7 Å². The van der Waals surface area contributed by atoms with E-state index in [1.807, 2.05) is 11.6 Å². The Bertz CT molecular complexity index is 688. The van der Waals surface area contributed by atoms with E-state index in [1.54, 1.807) is 22.9 Å². The molecule has 20 heavy (non-hydrogen) atoms. The van der Waals surface area contributed by atoms with Gasteiger partial charge in [0.1, 0.15) is 5.69 Å². The van der Waals surface area contributed by atoms with E-state index in [4.69, 9.17) is 28.9 Å². The Balaban J connectivity index is 2.72. The van der Waals surface area contributed by atoms with Gasteiger partial charge in [-0.2, -0.15) is 0 Å². The van der Waals surface area contributed by atoms with Gasteiger partial charge in [-0.1, -0.05) is 37.0 Å². The second-order valence-electron chi connectivity index (χ2n) is 4.55. The lowest BCUT2D eigenvalue weighted by Crippen LogP contribution is -2.22. The van der Waals surface area contributed by atoms with Gasteiger partial charge in [0, 0.05) is 6.54 Å². The van der Waals surface area contributed by atoms with Crippen LogP contribution in [0.3, 0.4) is 0 Å². The minimum absolute atomic E-state index is 0.214. The van der Waals surface area contributed by atoms with Crippen molar-refractivity contribution in [2.24, 2.45) is 0 Å². The molecular weight excluding hydrogens is 297 g/mol. The fourth-order valence-corrected chi connectivity index (χ4v) is 2.59. The van der Waals surface area contributed by atoms with Crippen molar-refractivity contribution in [3.05, 3.63) is 44.3 Å². The summed E-state index contributed by atoms with van der Waals surface area (Å²) >= 11 is 12.0. The lowest BCUT2D eigenvalue weighted by molar-refractivity contribution is 0.516. The van der Waals surface area contributed by atoms with Gasteiger partial charge in [0.2, 0.25) is 0 Å². The molecule has 6 heteroatoms. The highest BCUT2D eigenvalue weighted by Gasteiger charge is 2.17. The molecular formula is C14H17Cl2N3O. The average Bonchev–Trinajstić information content (AvgIpc) is 2.65. The summed E-state index contributed by atoms with van der Waals surface area (Å²) in [6.07, 6.45) is 1.61. The van der Waals surface area contributed by atoms with Crippen LogP contribution in [0.2, 0.25) is 10.0 Å². The van der Waals surface area contributed by atoms with Crippen LogP contribution >= 0.6 is 23.2 Å². The molecule has 0 aliphatic rings. The minimum Gasteiger partial charge on any atom is -0.393 e. The number of aromatic nitrogens is 2. The second kappa shape index (κ2) is 5.94. The summed E-state index contributed by atoms with van der Waals surface area (Å²) in [7, 11) is 0. The molecule has 0 atom stereocenters. The molecule has 1 aromatic carbocycles. The predicted molar refractivity (Wildman–Crippen MR) is 84.1 cm³/mol. The zero-order valence-electron chi connectivity index (χ0n) is 11.5. The van der Waals surface area contributed by atoms with Crippen LogP contribution in [0.1, 0.15) is 26.0 Å². The first-order chi connectivity index (χ1) is 9.51. The lowest BCUT2D eigenvalue weighted by Gasteiger charge is -2.14. The van der Waals surface area contributed by atoms with Gasteiger partial charge in [-0.25, -0.2) is 4.68 Å². The van der Waals surface area contributed by atoms with Crippen molar-refractivity contribution < 1.29 is 0 Å². The fourth-order valence-electron chi connectivity index (χ4n) is 2.30. The smallest absolute Gasteiger partial charge is 0.294 e. The summed E-state index contributed by atoms with van der Waals surface area (Å²) in [6, 6.07) is 5.12. The number of nitrogens with two attached hydrogens (primary N) is 1. The van der Waals surface area contributed by atoms with Gasteiger partial charge in [0.15, 0.2) is 0 Å². The minimum atomic E-state index is -0.214. The summed E-state index contributed by atoms with van der Waals surface area (Å²) in [6.45, 7) is 4.76. The van der Waals surface area contributed by atoms with Crippen molar-refractivity contribution in [2.75, 3.05) is 5.73 Å². The first-order valence-electron chi connectivity index (χ1n) is 6.56. The second-order valence-corrected chi connectivity index (χ2v) is 5.37. The lowest BCUT2D eigenvalue weighted by atomic mass is 10.3. The fraction of sp³-hybridized carbons (Fsp3) is 0.357. The molecule has 0 saturated heterocycles. The highest BCUT2D eigenvalue weighted by Crippen LogP contribution is 2.25. The predicted octanol–water partition coefficient (Wildman–Crippen LogP) is 3.50. The van der Waals surface area contributed by atoms with Crippen LogP contribution in [0.5, 0.6) is 0 Å². The normalized spacial score (nSPS) is 11.0. The Hall–Kier alpha value is -1.39. The molecule has 2 N–H and O–H groups in total. The number of benzene rings is 1. The third kappa shape index (κ3) is 2.45. The molecule has 2 rings (SSSR count). The first kappa shape index (κ1) is 15.0. The third-order valence-corrected chi connectivity index (χ3v) is 3.94. The molecule has 0 aliphatic carbocycles. The highest BCUT2D eigenvalue weighted by atomic mass is 35.5. The maximum Gasteiger partial charge on any atom is 0.294 e. The highest BCUT2D eigenvalue weighted by molar-refractivity contribution is 6.42. The number of nitrogen functional groups attached to an aromatic ring is 1. The zero-order valence-corrected chi connectivity index (χ0v) is 13.0. The number of anilines is 1. The molecule has 0 fully saturated rings. The van der Waals surface area contributed by atoms with Crippen LogP contribution in [-0.2, 0) is 13.0 Å². The van der Waals surface area contributed by atoms with Gasteiger partial charge < -0.3 is 5.73 Å². The van der Waals surface area contributed by atoms with E-state index < -0.39 is 0 Å². The zero-order chi connectivity index (χ0) is 14.9. The number of hydrogen-bond acceptors (Lipinski definition) is 2. The Labute approximate surface area is 127 Å². The monoisotopic (exact) mass is 313 g/mol.